The molecule has 150 valence electrons. The number of rotatable bonds is 6. The van der Waals surface area contributed by atoms with E-state index in [4.69, 9.17) is 5.11 Å². The van der Waals surface area contributed by atoms with E-state index in [1.807, 2.05) is 32.1 Å². The summed E-state index contributed by atoms with van der Waals surface area (Å²) in [5.41, 5.74) is 6.70. The second-order valence-corrected chi connectivity index (χ2v) is 8.18. The van der Waals surface area contributed by atoms with E-state index >= 15 is 0 Å². The molecule has 0 atom stereocenters. The quantitative estimate of drug-likeness (QED) is 0.390. The first-order chi connectivity index (χ1) is 13.3. The van der Waals surface area contributed by atoms with Crippen molar-refractivity contribution in [2.45, 2.75) is 60.8 Å². The largest absolute Gasteiger partial charge is 0.392 e. The van der Waals surface area contributed by atoms with Crippen molar-refractivity contribution >= 4 is 0 Å². The van der Waals surface area contributed by atoms with Gasteiger partial charge < -0.3 is 5.11 Å². The van der Waals surface area contributed by atoms with Crippen LogP contribution in [-0.2, 0) is 0 Å². The van der Waals surface area contributed by atoms with E-state index in [9.17, 15) is 0 Å². The van der Waals surface area contributed by atoms with Crippen LogP contribution in [0.15, 0.2) is 82.5 Å². The second-order valence-electron chi connectivity index (χ2n) is 8.18. The molecular formula is C27H36O. The van der Waals surface area contributed by atoms with Crippen LogP contribution in [-0.4, -0.2) is 11.7 Å². The Balaban J connectivity index is 2.70. The molecule has 0 saturated carbocycles. The van der Waals surface area contributed by atoms with Crippen molar-refractivity contribution in [2.24, 2.45) is 5.41 Å². The van der Waals surface area contributed by atoms with E-state index in [-0.39, 0.29) is 12.0 Å². The van der Waals surface area contributed by atoms with Crippen LogP contribution >= 0.6 is 0 Å². The van der Waals surface area contributed by atoms with Crippen LogP contribution in [0.1, 0.15) is 60.8 Å². The van der Waals surface area contributed by atoms with E-state index in [1.165, 1.54) is 36.0 Å². The van der Waals surface area contributed by atoms with E-state index in [1.54, 1.807) is 6.08 Å². The number of aliphatic hydroxyl groups excluding tert-OH is 1. The van der Waals surface area contributed by atoms with Gasteiger partial charge in [0.2, 0.25) is 0 Å². The molecule has 0 amide bonds. The van der Waals surface area contributed by atoms with Gasteiger partial charge in [-0.1, -0.05) is 79.4 Å². The first-order valence-corrected chi connectivity index (χ1v) is 10.1. The number of allylic oxidation sites excluding steroid dienone is 13. The molecule has 0 aromatic heterocycles. The highest BCUT2D eigenvalue weighted by molar-refractivity contribution is 5.38. The maximum atomic E-state index is 8.74. The maximum absolute atomic E-state index is 8.74. The summed E-state index contributed by atoms with van der Waals surface area (Å²) in [6.45, 7) is 13.2. The van der Waals surface area contributed by atoms with Gasteiger partial charge in [0, 0.05) is 0 Å². The third kappa shape index (κ3) is 9.07. The van der Waals surface area contributed by atoms with Crippen LogP contribution in [0, 0.1) is 17.3 Å². The Morgan fingerprint density at radius 3 is 2.25 bits per heavy atom. The molecule has 0 spiro atoms. The van der Waals surface area contributed by atoms with E-state index in [2.05, 4.69) is 69.9 Å². The Labute approximate surface area is 172 Å². The third-order valence-corrected chi connectivity index (χ3v) is 4.94. The zero-order valence-corrected chi connectivity index (χ0v) is 18.5. The zero-order chi connectivity index (χ0) is 21.0. The van der Waals surface area contributed by atoms with Gasteiger partial charge in [0.15, 0.2) is 0 Å². The smallest absolute Gasteiger partial charge is 0.0615 e. The van der Waals surface area contributed by atoms with Crippen molar-refractivity contribution < 1.29 is 5.11 Å². The molecular weight excluding hydrogens is 340 g/mol. The molecule has 0 aromatic carbocycles. The van der Waals surface area contributed by atoms with Crippen molar-refractivity contribution in [2.75, 3.05) is 6.61 Å². The lowest BCUT2D eigenvalue weighted by Crippen LogP contribution is -2.19. The van der Waals surface area contributed by atoms with Crippen LogP contribution < -0.4 is 0 Å². The van der Waals surface area contributed by atoms with Gasteiger partial charge in [-0.25, -0.2) is 0 Å². The Hall–Kier alpha value is -2.30. The molecule has 0 radical (unpaired) electrons. The minimum absolute atomic E-state index is 0.0551. The Kier molecular flexibility index (Phi) is 10.4. The van der Waals surface area contributed by atoms with Crippen LogP contribution in [0.25, 0.3) is 0 Å². The highest BCUT2D eigenvalue weighted by Crippen LogP contribution is 2.40. The SMILES string of the molecule is CC(C=CC=C(C)C=CC1=C(C)CCCC1(C)C)=CC#CC=C(C)C=CCO. The first-order valence-electron chi connectivity index (χ1n) is 10.1. The third-order valence-electron chi connectivity index (χ3n) is 4.94. The van der Waals surface area contributed by atoms with Gasteiger partial charge in [0.1, 0.15) is 0 Å². The van der Waals surface area contributed by atoms with Gasteiger partial charge in [-0.15, -0.1) is 0 Å². The molecule has 0 saturated heterocycles. The summed E-state index contributed by atoms with van der Waals surface area (Å²) >= 11 is 0. The average Bonchev–Trinajstić information content (AvgIpc) is 2.62. The van der Waals surface area contributed by atoms with Crippen LogP contribution in [0.2, 0.25) is 0 Å². The fourth-order valence-electron chi connectivity index (χ4n) is 3.28. The Bertz CT molecular complexity index is 793. The minimum Gasteiger partial charge on any atom is -0.392 e. The van der Waals surface area contributed by atoms with Gasteiger partial charge >= 0.3 is 0 Å². The molecule has 0 aliphatic heterocycles. The summed E-state index contributed by atoms with van der Waals surface area (Å²) in [6, 6.07) is 0. The van der Waals surface area contributed by atoms with Crippen molar-refractivity contribution in [1.82, 2.24) is 0 Å². The summed E-state index contributed by atoms with van der Waals surface area (Å²) in [6.07, 6.45) is 21.9. The topological polar surface area (TPSA) is 20.2 Å². The Morgan fingerprint density at radius 1 is 1.00 bits per heavy atom. The summed E-state index contributed by atoms with van der Waals surface area (Å²) in [4.78, 5) is 0. The number of hydrogen-bond acceptors (Lipinski definition) is 1. The summed E-state index contributed by atoms with van der Waals surface area (Å²) < 4.78 is 0. The summed E-state index contributed by atoms with van der Waals surface area (Å²) in [5.74, 6) is 6.04. The molecule has 0 bridgehead atoms. The van der Waals surface area contributed by atoms with Crippen LogP contribution in [0.3, 0.4) is 0 Å². The molecule has 1 nitrogen and oxygen atoms in total. The molecule has 1 rings (SSSR count). The molecule has 1 heteroatoms. The van der Waals surface area contributed by atoms with E-state index in [0.717, 1.165) is 11.1 Å². The Morgan fingerprint density at radius 2 is 1.64 bits per heavy atom. The van der Waals surface area contributed by atoms with Crippen molar-refractivity contribution in [3.63, 3.8) is 0 Å². The molecule has 0 unspecified atom stereocenters. The summed E-state index contributed by atoms with van der Waals surface area (Å²) in [7, 11) is 0. The van der Waals surface area contributed by atoms with E-state index in [0.29, 0.717) is 0 Å². The lowest BCUT2D eigenvalue weighted by Gasteiger charge is -2.32. The molecule has 1 aliphatic carbocycles. The molecule has 0 fully saturated rings. The average molecular weight is 377 g/mol. The lowest BCUT2D eigenvalue weighted by molar-refractivity contribution is 0.342. The minimum atomic E-state index is 0.0551. The zero-order valence-electron chi connectivity index (χ0n) is 18.5. The number of hydrogen-bond donors (Lipinski definition) is 1. The maximum Gasteiger partial charge on any atom is 0.0615 e. The highest BCUT2D eigenvalue weighted by Gasteiger charge is 2.26. The summed E-state index contributed by atoms with van der Waals surface area (Å²) in [5, 5.41) is 8.74. The molecule has 0 aromatic rings. The monoisotopic (exact) mass is 376 g/mol. The molecule has 28 heavy (non-hydrogen) atoms. The predicted octanol–water partition coefficient (Wildman–Crippen LogP) is 7.02. The molecule has 0 heterocycles. The van der Waals surface area contributed by atoms with Crippen molar-refractivity contribution in [3.05, 3.63) is 82.5 Å². The first kappa shape index (κ1) is 23.7. The van der Waals surface area contributed by atoms with Crippen LogP contribution in [0.5, 0.6) is 0 Å². The molecule has 1 N–H and O–H groups in total. The standard InChI is InChI=1S/C27H36O/c1-22(12-7-8-13-23(2)16-11-21-28)14-9-15-24(3)18-19-26-25(4)17-10-20-27(26,5)6/h9,11-16,18-19,28H,10,17,20-21H2,1-6H3. The number of aliphatic hydroxyl groups is 1. The van der Waals surface area contributed by atoms with Gasteiger partial charge in [0.25, 0.3) is 0 Å². The fraction of sp³-hybridized carbons (Fsp3) is 0.407. The molecule has 1 aliphatic rings. The van der Waals surface area contributed by atoms with Gasteiger partial charge in [-0.3, -0.25) is 0 Å². The fourth-order valence-corrected chi connectivity index (χ4v) is 3.28. The van der Waals surface area contributed by atoms with Gasteiger partial charge in [-0.2, -0.15) is 0 Å². The second kappa shape index (κ2) is 12.2. The predicted molar refractivity (Wildman–Crippen MR) is 124 cm³/mol. The van der Waals surface area contributed by atoms with Crippen molar-refractivity contribution in [3.8, 4) is 11.8 Å². The lowest BCUT2D eigenvalue weighted by atomic mass is 9.72. The van der Waals surface area contributed by atoms with Crippen molar-refractivity contribution in [1.29, 1.82) is 0 Å². The normalized spacial score (nSPS) is 19.0. The van der Waals surface area contributed by atoms with Crippen LogP contribution in [0.4, 0.5) is 0 Å². The van der Waals surface area contributed by atoms with E-state index < -0.39 is 0 Å². The van der Waals surface area contributed by atoms with Gasteiger partial charge in [-0.05, 0) is 81.2 Å². The highest BCUT2D eigenvalue weighted by atomic mass is 16.2. The van der Waals surface area contributed by atoms with Gasteiger partial charge in [0.05, 0.1) is 6.61 Å².